The van der Waals surface area contributed by atoms with Crippen molar-refractivity contribution in [2.45, 2.75) is 46.1 Å². The lowest BCUT2D eigenvalue weighted by atomic mass is 9.88. The monoisotopic (exact) mass is 273 g/mol. The number of hydrogen-bond acceptors (Lipinski definition) is 2. The molecule has 1 aliphatic carbocycles. The number of nitrogens with one attached hydrogen (secondary N) is 1. The Morgan fingerprint density at radius 3 is 1.95 bits per heavy atom. The Balaban J connectivity index is 0.000000221. The SMILES string of the molecule is C=C(NC)C(O)CC.CC1=C(C)Cc2ccccc2C1. The first-order chi connectivity index (χ1) is 9.49. The van der Waals surface area contributed by atoms with E-state index in [9.17, 15) is 0 Å². The Bertz CT molecular complexity index is 455. The molecule has 2 N–H and O–H groups in total. The van der Waals surface area contributed by atoms with Gasteiger partial charge in [-0.15, -0.1) is 0 Å². The lowest BCUT2D eigenvalue weighted by Crippen LogP contribution is -2.18. The lowest BCUT2D eigenvalue weighted by molar-refractivity contribution is 0.200. The van der Waals surface area contributed by atoms with Crippen molar-refractivity contribution in [3.8, 4) is 0 Å². The third kappa shape index (κ3) is 4.53. The first-order valence-electron chi connectivity index (χ1n) is 7.26. The average Bonchev–Trinajstić information content (AvgIpc) is 2.47. The van der Waals surface area contributed by atoms with Gasteiger partial charge in [0.2, 0.25) is 0 Å². The molecule has 1 aliphatic rings. The number of allylic oxidation sites excluding steroid dienone is 2. The first kappa shape index (κ1) is 16.5. The van der Waals surface area contributed by atoms with E-state index in [1.807, 2.05) is 6.92 Å². The lowest BCUT2D eigenvalue weighted by Gasteiger charge is -2.18. The van der Waals surface area contributed by atoms with E-state index in [4.69, 9.17) is 5.11 Å². The maximum absolute atomic E-state index is 8.96. The van der Waals surface area contributed by atoms with Gasteiger partial charge in [-0.25, -0.2) is 0 Å². The number of hydrogen-bond donors (Lipinski definition) is 2. The Kier molecular flexibility index (Phi) is 6.53. The molecular weight excluding hydrogens is 246 g/mol. The third-order valence-corrected chi connectivity index (χ3v) is 3.87. The fourth-order valence-electron chi connectivity index (χ4n) is 2.19. The summed E-state index contributed by atoms with van der Waals surface area (Å²) in [5.74, 6) is 0. The van der Waals surface area contributed by atoms with Gasteiger partial charge in [-0.2, -0.15) is 0 Å². The molecule has 0 radical (unpaired) electrons. The van der Waals surface area contributed by atoms with Gasteiger partial charge < -0.3 is 10.4 Å². The van der Waals surface area contributed by atoms with Crippen LogP contribution in [0.5, 0.6) is 0 Å². The van der Waals surface area contributed by atoms with Crippen LogP contribution in [0.1, 0.15) is 38.3 Å². The van der Waals surface area contributed by atoms with Gasteiger partial charge in [0.15, 0.2) is 0 Å². The summed E-state index contributed by atoms with van der Waals surface area (Å²) in [7, 11) is 1.75. The highest BCUT2D eigenvalue weighted by Gasteiger charge is 2.10. The van der Waals surface area contributed by atoms with E-state index in [1.165, 1.54) is 11.1 Å². The maximum Gasteiger partial charge on any atom is 0.0925 e. The molecule has 0 amide bonds. The quantitative estimate of drug-likeness (QED) is 0.825. The van der Waals surface area contributed by atoms with Crippen LogP contribution in [-0.2, 0) is 12.8 Å². The van der Waals surface area contributed by atoms with Gasteiger partial charge in [0.25, 0.3) is 0 Å². The van der Waals surface area contributed by atoms with E-state index < -0.39 is 0 Å². The minimum atomic E-state index is -0.389. The minimum Gasteiger partial charge on any atom is -0.390 e. The minimum absolute atomic E-state index is 0.389. The summed E-state index contributed by atoms with van der Waals surface area (Å²) in [5.41, 5.74) is 6.82. The summed E-state index contributed by atoms with van der Waals surface area (Å²) in [5, 5.41) is 11.7. The summed E-state index contributed by atoms with van der Waals surface area (Å²) in [6, 6.07) is 8.75. The molecule has 0 fully saturated rings. The van der Waals surface area contributed by atoms with E-state index in [0.29, 0.717) is 5.70 Å². The highest BCUT2D eigenvalue weighted by Crippen LogP contribution is 2.24. The average molecular weight is 273 g/mol. The molecule has 0 bridgehead atoms. The van der Waals surface area contributed by atoms with Crippen molar-refractivity contribution >= 4 is 0 Å². The van der Waals surface area contributed by atoms with Crippen molar-refractivity contribution in [1.82, 2.24) is 5.32 Å². The van der Waals surface area contributed by atoms with Crippen LogP contribution in [0.2, 0.25) is 0 Å². The molecule has 20 heavy (non-hydrogen) atoms. The molecule has 1 aromatic carbocycles. The molecular formula is C18H27NO. The van der Waals surface area contributed by atoms with Crippen molar-refractivity contribution in [2.75, 3.05) is 7.05 Å². The van der Waals surface area contributed by atoms with Crippen LogP contribution in [0, 0.1) is 0 Å². The zero-order valence-corrected chi connectivity index (χ0v) is 13.2. The standard InChI is InChI=1S/C12H14.C6H13NO/c1-9-7-11-5-3-4-6-12(11)8-10(9)2;1-4-6(8)5(2)7-3/h3-6H,7-8H2,1-2H3;6-8H,2,4H2,1,3H3. The number of benzene rings is 1. The Labute approximate surface area is 123 Å². The van der Waals surface area contributed by atoms with Crippen molar-refractivity contribution in [3.05, 3.63) is 58.8 Å². The second-order valence-corrected chi connectivity index (χ2v) is 5.38. The molecule has 110 valence electrons. The van der Waals surface area contributed by atoms with Gasteiger partial charge in [-0.1, -0.05) is 48.9 Å². The van der Waals surface area contributed by atoms with Gasteiger partial charge in [0.05, 0.1) is 6.10 Å². The van der Waals surface area contributed by atoms with E-state index in [2.05, 4.69) is 50.0 Å². The predicted octanol–water partition coefficient (Wildman–Crippen LogP) is 3.61. The summed E-state index contributed by atoms with van der Waals surface area (Å²) in [4.78, 5) is 0. The molecule has 1 aromatic rings. The van der Waals surface area contributed by atoms with Crippen molar-refractivity contribution in [1.29, 1.82) is 0 Å². The molecule has 0 aromatic heterocycles. The number of rotatable bonds is 3. The zero-order chi connectivity index (χ0) is 15.1. The molecule has 0 aliphatic heterocycles. The van der Waals surface area contributed by atoms with E-state index >= 15 is 0 Å². The zero-order valence-electron chi connectivity index (χ0n) is 13.2. The summed E-state index contributed by atoms with van der Waals surface area (Å²) in [6.45, 7) is 9.98. The number of aliphatic hydroxyl groups is 1. The number of fused-ring (bicyclic) bond motifs is 1. The second kappa shape index (κ2) is 7.91. The van der Waals surface area contributed by atoms with Crippen LogP contribution >= 0.6 is 0 Å². The molecule has 1 unspecified atom stereocenters. The molecule has 1 atom stereocenters. The van der Waals surface area contributed by atoms with Gasteiger partial charge in [0, 0.05) is 12.7 Å². The fourth-order valence-corrected chi connectivity index (χ4v) is 2.19. The van der Waals surface area contributed by atoms with E-state index in [0.717, 1.165) is 19.3 Å². The largest absolute Gasteiger partial charge is 0.390 e. The van der Waals surface area contributed by atoms with Crippen LogP contribution in [-0.4, -0.2) is 18.3 Å². The molecule has 2 heteroatoms. The maximum atomic E-state index is 8.96. The molecule has 0 saturated carbocycles. The fraction of sp³-hybridized carbons (Fsp3) is 0.444. The molecule has 2 nitrogen and oxygen atoms in total. The smallest absolute Gasteiger partial charge is 0.0925 e. The van der Waals surface area contributed by atoms with E-state index in [1.54, 1.807) is 18.2 Å². The van der Waals surface area contributed by atoms with Crippen LogP contribution < -0.4 is 5.32 Å². The Hall–Kier alpha value is -1.54. The highest BCUT2D eigenvalue weighted by atomic mass is 16.3. The third-order valence-electron chi connectivity index (χ3n) is 3.87. The summed E-state index contributed by atoms with van der Waals surface area (Å²) in [6.07, 6.45) is 2.64. The number of likely N-dealkylation sites (N-methyl/N-ethyl adjacent to an activating group) is 1. The normalized spacial score (nSPS) is 14.8. The van der Waals surface area contributed by atoms with Gasteiger partial charge >= 0.3 is 0 Å². The van der Waals surface area contributed by atoms with Gasteiger partial charge in [-0.3, -0.25) is 0 Å². The van der Waals surface area contributed by atoms with Crippen LogP contribution in [0.25, 0.3) is 0 Å². The Morgan fingerprint density at radius 2 is 1.65 bits per heavy atom. The van der Waals surface area contributed by atoms with Crippen LogP contribution in [0.4, 0.5) is 0 Å². The molecule has 0 heterocycles. The number of aliphatic hydroxyl groups excluding tert-OH is 1. The summed E-state index contributed by atoms with van der Waals surface area (Å²) < 4.78 is 0. The van der Waals surface area contributed by atoms with Gasteiger partial charge in [-0.05, 0) is 44.2 Å². The topological polar surface area (TPSA) is 32.3 Å². The summed E-state index contributed by atoms with van der Waals surface area (Å²) >= 11 is 0. The van der Waals surface area contributed by atoms with Crippen LogP contribution in [0.3, 0.4) is 0 Å². The predicted molar refractivity (Wildman–Crippen MR) is 86.7 cm³/mol. The highest BCUT2D eigenvalue weighted by molar-refractivity contribution is 5.39. The molecule has 2 rings (SSSR count). The molecule has 0 spiro atoms. The van der Waals surface area contributed by atoms with Crippen molar-refractivity contribution in [3.63, 3.8) is 0 Å². The van der Waals surface area contributed by atoms with Crippen LogP contribution in [0.15, 0.2) is 47.7 Å². The van der Waals surface area contributed by atoms with Crippen molar-refractivity contribution in [2.24, 2.45) is 0 Å². The Morgan fingerprint density at radius 1 is 1.20 bits per heavy atom. The molecule has 0 saturated heterocycles. The van der Waals surface area contributed by atoms with E-state index in [-0.39, 0.29) is 6.10 Å². The van der Waals surface area contributed by atoms with Gasteiger partial charge in [0.1, 0.15) is 0 Å². The second-order valence-electron chi connectivity index (χ2n) is 5.38. The van der Waals surface area contributed by atoms with Crippen molar-refractivity contribution < 1.29 is 5.11 Å². The first-order valence-corrected chi connectivity index (χ1v) is 7.26.